The molecule has 5 unspecified atom stereocenters. The number of carboxylic acids is 10. The SMILES string of the molecule is NC(CCC(=O)O)C(=O)O.NC(CCC(=O)O)C(=O)O.NC(CCC(=O)O)C(=O)O.NC(CCC(=O)O)C(=O)O.Nc1nc(N)c2nc(CNc3ccc(C(=O)NC(CCC(=O)O)C(=O)O)cc3)cnc2n1. The highest BCUT2D eigenvalue weighted by atomic mass is 16.4. The smallest absolute Gasteiger partial charge is 0.326 e. The Balaban J connectivity index is 0. The third-order valence-electron chi connectivity index (χ3n) is 8.32. The minimum absolute atomic E-state index is 0.0101. The number of anilines is 3. The number of carboxylic acid groups (broad SMARTS) is 10. The molecule has 1 aromatic carbocycles. The highest BCUT2D eigenvalue weighted by Crippen LogP contribution is 2.16. The number of nitrogens with zero attached hydrogens (tertiary/aromatic N) is 4. The maximum absolute atomic E-state index is 12.3. The standard InChI is InChI=1S/C19H20N8O5.4C5H9NO4/c20-15-14-16(27-19(21)26-15)23-8-11(24-14)7-22-10-3-1-9(2-4-10)17(30)25-12(18(31)32)5-6-13(28)29;4*6-3(5(9)10)1-2-4(7)8/h1-4,8,12,22H,5-7H2,(H,25,30)(H,28,29)(H,31,32)(H4,20,21,23,26,27);4*3H,1-2,6H2,(H,7,8)(H,9,10). The number of hydrogen-bond acceptors (Lipinski definition) is 22. The van der Waals surface area contributed by atoms with E-state index in [0.717, 1.165) is 0 Å². The molecule has 0 aliphatic heterocycles. The average molecular weight is 1030 g/mol. The van der Waals surface area contributed by atoms with Crippen LogP contribution in [0.1, 0.15) is 80.3 Å². The molecule has 0 aliphatic carbocycles. The van der Waals surface area contributed by atoms with Crippen LogP contribution in [-0.2, 0) is 54.5 Å². The van der Waals surface area contributed by atoms with E-state index in [1.807, 2.05) is 0 Å². The Morgan fingerprint density at radius 1 is 0.486 bits per heavy atom. The van der Waals surface area contributed by atoms with Gasteiger partial charge in [0.2, 0.25) is 5.95 Å². The van der Waals surface area contributed by atoms with E-state index in [1.54, 1.807) is 12.1 Å². The van der Waals surface area contributed by atoms with Crippen LogP contribution in [-0.4, -0.2) is 167 Å². The second-order valence-corrected chi connectivity index (χ2v) is 14.2. The Morgan fingerprint density at radius 2 is 0.847 bits per heavy atom. The molecule has 0 aliphatic rings. The second kappa shape index (κ2) is 34.4. The molecule has 3 aromatic rings. The van der Waals surface area contributed by atoms with Crippen LogP contribution >= 0.6 is 0 Å². The van der Waals surface area contributed by atoms with Gasteiger partial charge in [-0.25, -0.2) is 14.8 Å². The van der Waals surface area contributed by atoms with Crippen LogP contribution < -0.4 is 45.0 Å². The number of carbonyl (C=O) groups excluding carboxylic acids is 1. The third kappa shape index (κ3) is 31.2. The molecule has 0 bridgehead atoms. The van der Waals surface area contributed by atoms with E-state index in [4.69, 9.17) is 85.5 Å². The first kappa shape index (κ1) is 65.1. The molecule has 1 amide bonds. The van der Waals surface area contributed by atoms with Crippen LogP contribution in [0.2, 0.25) is 0 Å². The minimum Gasteiger partial charge on any atom is -0.481 e. The van der Waals surface area contributed by atoms with Crippen LogP contribution in [0, 0.1) is 0 Å². The lowest BCUT2D eigenvalue weighted by Crippen LogP contribution is -2.41. The maximum Gasteiger partial charge on any atom is 0.326 e. The van der Waals surface area contributed by atoms with Crippen LogP contribution in [0.5, 0.6) is 0 Å². The van der Waals surface area contributed by atoms with Crippen molar-refractivity contribution in [1.82, 2.24) is 25.3 Å². The summed E-state index contributed by atoms with van der Waals surface area (Å²) in [4.78, 5) is 130. The number of aromatic nitrogens is 4. The summed E-state index contributed by atoms with van der Waals surface area (Å²) in [6.45, 7) is 0.300. The van der Waals surface area contributed by atoms with E-state index < -0.39 is 95.8 Å². The molecule has 0 saturated heterocycles. The van der Waals surface area contributed by atoms with Crippen molar-refractivity contribution in [2.24, 2.45) is 22.9 Å². The first-order valence-electron chi connectivity index (χ1n) is 20.3. The molecule has 33 heteroatoms. The van der Waals surface area contributed by atoms with Gasteiger partial charge < -0.3 is 96.1 Å². The van der Waals surface area contributed by atoms with Crippen LogP contribution in [0.15, 0.2) is 30.5 Å². The molecule has 0 radical (unpaired) electrons. The monoisotopic (exact) mass is 1030 g/mol. The highest BCUT2D eigenvalue weighted by molar-refractivity contribution is 5.97. The number of aliphatic carboxylic acids is 10. The van der Waals surface area contributed by atoms with Crippen molar-refractivity contribution in [2.75, 3.05) is 16.8 Å². The van der Waals surface area contributed by atoms with Gasteiger partial charge in [0.05, 0.1) is 18.4 Å². The minimum atomic E-state index is -1.30. The number of nitrogens with two attached hydrogens (primary N) is 6. The fourth-order valence-electron chi connectivity index (χ4n) is 4.38. The van der Waals surface area contributed by atoms with Gasteiger partial charge in [0.15, 0.2) is 17.0 Å². The summed E-state index contributed by atoms with van der Waals surface area (Å²) >= 11 is 0. The van der Waals surface area contributed by atoms with Crippen molar-refractivity contribution in [3.8, 4) is 0 Å². The Morgan fingerprint density at radius 3 is 1.18 bits per heavy atom. The van der Waals surface area contributed by atoms with Gasteiger partial charge in [0.25, 0.3) is 5.91 Å². The molecule has 0 fully saturated rings. The van der Waals surface area contributed by atoms with Gasteiger partial charge in [0, 0.05) is 43.4 Å². The van der Waals surface area contributed by atoms with E-state index in [-0.39, 0.29) is 87.2 Å². The molecule has 2 heterocycles. The van der Waals surface area contributed by atoms with Crippen molar-refractivity contribution >= 4 is 94.2 Å². The lowest BCUT2D eigenvalue weighted by atomic mass is 10.1. The topological polar surface area (TPSA) is 622 Å². The van der Waals surface area contributed by atoms with Crippen molar-refractivity contribution in [2.45, 2.75) is 101 Å². The van der Waals surface area contributed by atoms with Crippen molar-refractivity contribution in [3.63, 3.8) is 0 Å². The fraction of sp³-hybridized carbons (Fsp3) is 0.410. The van der Waals surface area contributed by atoms with Crippen LogP contribution in [0.4, 0.5) is 17.5 Å². The summed E-state index contributed by atoms with van der Waals surface area (Å²) < 4.78 is 0. The highest BCUT2D eigenvalue weighted by Gasteiger charge is 2.22. The van der Waals surface area contributed by atoms with Gasteiger partial charge in [-0.15, -0.1) is 0 Å². The summed E-state index contributed by atoms with van der Waals surface area (Å²) in [6, 6.07) is 0.750. The van der Waals surface area contributed by atoms with Gasteiger partial charge in [-0.3, -0.25) is 47.9 Å². The van der Waals surface area contributed by atoms with Gasteiger partial charge in [-0.2, -0.15) is 9.97 Å². The van der Waals surface area contributed by atoms with E-state index in [9.17, 15) is 52.7 Å². The number of benzene rings is 1. The molecule has 72 heavy (non-hydrogen) atoms. The number of amides is 1. The largest absolute Gasteiger partial charge is 0.481 e. The molecular formula is C39H56N12O21. The Bertz CT molecular complexity index is 2200. The molecule has 24 N–H and O–H groups in total. The van der Waals surface area contributed by atoms with E-state index in [2.05, 4.69) is 30.6 Å². The number of fused-ring (bicyclic) bond motifs is 1. The van der Waals surface area contributed by atoms with Gasteiger partial charge in [-0.05, 0) is 56.4 Å². The number of carbonyl (C=O) groups is 11. The van der Waals surface area contributed by atoms with Gasteiger partial charge in [0.1, 0.15) is 30.2 Å². The number of nitrogens with one attached hydrogen (secondary N) is 2. The lowest BCUT2D eigenvalue weighted by Gasteiger charge is -2.14. The second-order valence-electron chi connectivity index (χ2n) is 14.2. The Kier molecular flexibility index (Phi) is 31.1. The molecule has 3 rings (SSSR count). The summed E-state index contributed by atoms with van der Waals surface area (Å²) in [5.41, 5.74) is 33.4. The van der Waals surface area contributed by atoms with Gasteiger partial charge >= 0.3 is 59.7 Å². The molecule has 398 valence electrons. The quantitative estimate of drug-likeness (QED) is 0.0410. The lowest BCUT2D eigenvalue weighted by molar-refractivity contribution is -0.142. The molecule has 0 spiro atoms. The average Bonchev–Trinajstić information content (AvgIpc) is 3.29. The Labute approximate surface area is 405 Å². The van der Waals surface area contributed by atoms with Crippen molar-refractivity contribution in [1.29, 1.82) is 0 Å². The zero-order valence-electron chi connectivity index (χ0n) is 37.8. The Hall–Kier alpha value is -8.95. The zero-order valence-corrected chi connectivity index (χ0v) is 37.8. The summed E-state index contributed by atoms with van der Waals surface area (Å²) in [5.74, 6) is -11.7. The predicted octanol–water partition coefficient (Wildman–Crippen LogP) is -2.70. The summed E-state index contributed by atoms with van der Waals surface area (Å²) in [5, 5.41) is 88.4. The maximum atomic E-state index is 12.3. The zero-order chi connectivity index (χ0) is 55.8. The van der Waals surface area contributed by atoms with Crippen LogP contribution in [0.25, 0.3) is 11.2 Å². The summed E-state index contributed by atoms with van der Waals surface area (Å²) in [6.07, 6.45) is 0.0344. The first-order valence-corrected chi connectivity index (χ1v) is 20.3. The van der Waals surface area contributed by atoms with E-state index >= 15 is 0 Å². The first-order chi connectivity index (χ1) is 33.4. The normalized spacial score (nSPS) is 12.1. The molecule has 5 atom stereocenters. The fourth-order valence-corrected chi connectivity index (χ4v) is 4.38. The van der Waals surface area contributed by atoms with E-state index in [0.29, 0.717) is 23.4 Å². The van der Waals surface area contributed by atoms with E-state index in [1.165, 1.54) is 18.3 Å². The van der Waals surface area contributed by atoms with Gasteiger partial charge in [-0.1, -0.05) is 0 Å². The van der Waals surface area contributed by atoms with Crippen LogP contribution in [0.3, 0.4) is 0 Å². The third-order valence-corrected chi connectivity index (χ3v) is 8.32. The molecule has 2 aromatic heterocycles. The summed E-state index contributed by atoms with van der Waals surface area (Å²) in [7, 11) is 0. The number of hydrogen-bond donors (Lipinski definition) is 18. The number of rotatable bonds is 25. The molecular weight excluding hydrogens is 972 g/mol. The number of nitrogen functional groups attached to an aromatic ring is 2. The predicted molar refractivity (Wildman–Crippen MR) is 243 cm³/mol. The molecule has 33 nitrogen and oxygen atoms in total. The van der Waals surface area contributed by atoms with Crippen molar-refractivity contribution in [3.05, 3.63) is 41.7 Å². The van der Waals surface area contributed by atoms with Crippen molar-refractivity contribution < 1.29 is 104 Å². The molecule has 0 saturated carbocycles.